The van der Waals surface area contributed by atoms with Crippen molar-refractivity contribution >= 4 is 23.2 Å². The van der Waals surface area contributed by atoms with Crippen molar-refractivity contribution in [2.75, 3.05) is 6.61 Å². The number of rotatable bonds is 5. The van der Waals surface area contributed by atoms with Gasteiger partial charge in [-0.05, 0) is 68.9 Å². The molecule has 128 valence electrons. The first-order chi connectivity index (χ1) is 11.4. The van der Waals surface area contributed by atoms with Gasteiger partial charge in [0.25, 0.3) is 5.91 Å². The van der Waals surface area contributed by atoms with Crippen molar-refractivity contribution in [1.82, 2.24) is 5.43 Å². The van der Waals surface area contributed by atoms with Crippen molar-refractivity contribution in [3.8, 4) is 5.75 Å². The Hall–Kier alpha value is -2.07. The van der Waals surface area contributed by atoms with Crippen LogP contribution >= 0.6 is 11.6 Å². The molecule has 1 aromatic carbocycles. The van der Waals surface area contributed by atoms with Crippen LogP contribution in [0.1, 0.15) is 32.3 Å². The normalized spacial score (nSPS) is 18.9. The molecule has 0 bridgehead atoms. The van der Waals surface area contributed by atoms with Crippen molar-refractivity contribution in [2.45, 2.75) is 33.6 Å². The van der Waals surface area contributed by atoms with Crippen molar-refractivity contribution in [2.24, 2.45) is 11.0 Å². The highest BCUT2D eigenvalue weighted by Crippen LogP contribution is 2.26. The average molecular weight is 347 g/mol. The number of hydrogen-bond acceptors (Lipinski definition) is 3. The van der Waals surface area contributed by atoms with Gasteiger partial charge < -0.3 is 4.74 Å². The van der Waals surface area contributed by atoms with Crippen LogP contribution in [0.15, 0.2) is 47.1 Å². The highest BCUT2D eigenvalue weighted by Gasteiger charge is 2.18. The number of carbonyl (C=O) groups is 1. The van der Waals surface area contributed by atoms with E-state index in [1.54, 1.807) is 18.2 Å². The summed E-state index contributed by atoms with van der Waals surface area (Å²) >= 11 is 5.90. The Morgan fingerprint density at radius 1 is 1.46 bits per heavy atom. The number of benzene rings is 1. The number of nitrogens with one attached hydrogen (secondary N) is 1. The first kappa shape index (κ1) is 18.3. The Morgan fingerprint density at radius 2 is 2.21 bits per heavy atom. The van der Waals surface area contributed by atoms with Gasteiger partial charge in [-0.2, -0.15) is 5.10 Å². The van der Waals surface area contributed by atoms with Crippen LogP contribution < -0.4 is 10.2 Å². The standard InChI is InChI=1S/C19H23ClN2O2/c1-12(2)15-6-5-13(3)17(10-15)21-22-19(23)11-24-18-8-7-16(20)9-14(18)4/h5,7-9,15H,1,6,10-11H2,2-4H3,(H,22,23)/b21-17+/t15-/m1/s1. The zero-order valence-electron chi connectivity index (χ0n) is 14.4. The molecule has 0 aliphatic heterocycles. The second-order valence-corrected chi connectivity index (χ2v) is 6.60. The molecule has 2 rings (SSSR count). The van der Waals surface area contributed by atoms with Crippen LogP contribution in [0, 0.1) is 12.8 Å². The lowest BCUT2D eigenvalue weighted by atomic mass is 9.85. The number of ether oxygens (including phenoxy) is 1. The molecule has 1 atom stereocenters. The van der Waals surface area contributed by atoms with E-state index in [9.17, 15) is 4.79 Å². The molecule has 0 spiro atoms. The highest BCUT2D eigenvalue weighted by molar-refractivity contribution is 6.30. The van der Waals surface area contributed by atoms with E-state index in [-0.39, 0.29) is 12.5 Å². The minimum absolute atomic E-state index is 0.0913. The number of halogens is 1. The number of hydrogen-bond donors (Lipinski definition) is 1. The minimum Gasteiger partial charge on any atom is -0.483 e. The molecule has 0 radical (unpaired) electrons. The lowest BCUT2D eigenvalue weighted by molar-refractivity contribution is -0.123. The lowest BCUT2D eigenvalue weighted by Crippen LogP contribution is -2.27. The van der Waals surface area contributed by atoms with Gasteiger partial charge in [0, 0.05) is 5.02 Å². The van der Waals surface area contributed by atoms with E-state index < -0.39 is 0 Å². The van der Waals surface area contributed by atoms with Crippen LogP contribution in [0.2, 0.25) is 5.02 Å². The first-order valence-corrected chi connectivity index (χ1v) is 8.31. The third-order valence-corrected chi connectivity index (χ3v) is 4.35. The zero-order valence-corrected chi connectivity index (χ0v) is 15.1. The predicted octanol–water partition coefficient (Wildman–Crippen LogP) is 4.43. The van der Waals surface area contributed by atoms with Crippen LogP contribution in [-0.4, -0.2) is 18.2 Å². The maximum Gasteiger partial charge on any atom is 0.277 e. The third-order valence-electron chi connectivity index (χ3n) is 4.11. The molecule has 1 aromatic rings. The Balaban J connectivity index is 1.91. The van der Waals surface area contributed by atoms with E-state index >= 15 is 0 Å². The van der Waals surface area contributed by atoms with Crippen molar-refractivity contribution < 1.29 is 9.53 Å². The van der Waals surface area contributed by atoms with Crippen LogP contribution in [0.25, 0.3) is 0 Å². The molecule has 1 aliphatic carbocycles. The predicted molar refractivity (Wildman–Crippen MR) is 98.6 cm³/mol. The maximum atomic E-state index is 12.0. The monoisotopic (exact) mass is 346 g/mol. The van der Waals surface area contributed by atoms with E-state index in [0.29, 0.717) is 16.7 Å². The molecule has 1 amide bonds. The van der Waals surface area contributed by atoms with Gasteiger partial charge in [-0.15, -0.1) is 0 Å². The van der Waals surface area contributed by atoms with Crippen LogP contribution in [0.5, 0.6) is 5.75 Å². The molecule has 4 nitrogen and oxygen atoms in total. The number of amides is 1. The molecular weight excluding hydrogens is 324 g/mol. The summed E-state index contributed by atoms with van der Waals surface area (Å²) in [5, 5.41) is 4.89. The summed E-state index contributed by atoms with van der Waals surface area (Å²) in [5.41, 5.74) is 6.59. The highest BCUT2D eigenvalue weighted by atomic mass is 35.5. The Morgan fingerprint density at radius 3 is 2.88 bits per heavy atom. The molecule has 0 saturated heterocycles. The maximum absolute atomic E-state index is 12.0. The van der Waals surface area contributed by atoms with E-state index in [0.717, 1.165) is 35.3 Å². The van der Waals surface area contributed by atoms with E-state index in [4.69, 9.17) is 16.3 Å². The zero-order chi connectivity index (χ0) is 17.7. The summed E-state index contributed by atoms with van der Waals surface area (Å²) in [5.74, 6) is 0.734. The number of carbonyl (C=O) groups excluding carboxylic acids is 1. The van der Waals surface area contributed by atoms with E-state index in [1.165, 1.54) is 0 Å². The van der Waals surface area contributed by atoms with E-state index in [1.807, 2.05) is 20.8 Å². The average Bonchev–Trinajstić information content (AvgIpc) is 2.53. The third kappa shape index (κ3) is 4.96. The fourth-order valence-corrected chi connectivity index (χ4v) is 2.73. The van der Waals surface area contributed by atoms with Gasteiger partial charge in [0.05, 0.1) is 5.71 Å². The number of allylic oxidation sites excluding steroid dienone is 3. The number of hydrazone groups is 1. The second kappa shape index (κ2) is 8.15. The molecule has 0 unspecified atom stereocenters. The fourth-order valence-electron chi connectivity index (χ4n) is 2.50. The molecule has 1 N–H and O–H groups in total. The van der Waals surface area contributed by atoms with Crippen LogP contribution in [-0.2, 0) is 4.79 Å². The van der Waals surface area contributed by atoms with Crippen molar-refractivity contribution in [3.63, 3.8) is 0 Å². The molecule has 24 heavy (non-hydrogen) atoms. The summed E-state index contributed by atoms with van der Waals surface area (Å²) in [4.78, 5) is 12.0. The van der Waals surface area contributed by atoms with Gasteiger partial charge in [0.2, 0.25) is 0 Å². The fraction of sp³-hybridized carbons (Fsp3) is 0.368. The SMILES string of the molecule is C=C(C)[C@@H]1CC=C(C)/C(=N/NC(=O)COc2ccc(Cl)cc2C)C1. The van der Waals surface area contributed by atoms with E-state index in [2.05, 4.69) is 23.2 Å². The number of nitrogens with zero attached hydrogens (tertiary/aromatic N) is 1. The largest absolute Gasteiger partial charge is 0.483 e. The van der Waals surface area contributed by atoms with Gasteiger partial charge in [-0.25, -0.2) is 5.43 Å². The molecule has 0 fully saturated rings. The quantitative estimate of drug-likeness (QED) is 0.633. The van der Waals surface area contributed by atoms with Gasteiger partial charge in [0.1, 0.15) is 5.75 Å². The van der Waals surface area contributed by atoms with Crippen LogP contribution in [0.4, 0.5) is 0 Å². The molecule has 5 heteroatoms. The molecular formula is C19H23ClN2O2. The summed E-state index contributed by atoms with van der Waals surface area (Å²) in [6.07, 6.45) is 3.92. The summed E-state index contributed by atoms with van der Waals surface area (Å²) in [6, 6.07) is 5.28. The summed E-state index contributed by atoms with van der Waals surface area (Å²) < 4.78 is 5.51. The minimum atomic E-state index is -0.290. The molecule has 0 heterocycles. The lowest BCUT2D eigenvalue weighted by Gasteiger charge is -2.22. The molecule has 0 aromatic heterocycles. The van der Waals surface area contributed by atoms with Gasteiger partial charge in [-0.1, -0.05) is 29.8 Å². The first-order valence-electron chi connectivity index (χ1n) is 7.93. The Bertz CT molecular complexity index is 707. The van der Waals surface area contributed by atoms with Crippen molar-refractivity contribution in [3.05, 3.63) is 52.6 Å². The topological polar surface area (TPSA) is 50.7 Å². The Kier molecular flexibility index (Phi) is 6.21. The molecule has 0 saturated carbocycles. The summed E-state index contributed by atoms with van der Waals surface area (Å²) in [6.45, 7) is 9.83. The van der Waals surface area contributed by atoms with Gasteiger partial charge in [-0.3, -0.25) is 4.79 Å². The van der Waals surface area contributed by atoms with Gasteiger partial charge in [0.15, 0.2) is 6.61 Å². The second-order valence-electron chi connectivity index (χ2n) is 6.16. The number of aryl methyl sites for hydroxylation is 1. The molecule has 1 aliphatic rings. The summed E-state index contributed by atoms with van der Waals surface area (Å²) in [7, 11) is 0. The Labute approximate surface area is 148 Å². The van der Waals surface area contributed by atoms with Crippen LogP contribution in [0.3, 0.4) is 0 Å². The van der Waals surface area contributed by atoms with Gasteiger partial charge >= 0.3 is 0 Å². The van der Waals surface area contributed by atoms with Crippen molar-refractivity contribution in [1.29, 1.82) is 0 Å². The smallest absolute Gasteiger partial charge is 0.277 e.